The summed E-state index contributed by atoms with van der Waals surface area (Å²) in [5, 5.41) is 0. The molecule has 0 spiro atoms. The predicted octanol–water partition coefficient (Wildman–Crippen LogP) is 3.75. The maximum absolute atomic E-state index is 4.02. The fraction of sp³-hybridized carbons (Fsp3) is 0.571. The van der Waals surface area contributed by atoms with E-state index in [0.717, 1.165) is 18.9 Å². The summed E-state index contributed by atoms with van der Waals surface area (Å²) in [6, 6.07) is 0. The Morgan fingerprint density at radius 2 is 2.33 bits per heavy atom. The van der Waals surface area contributed by atoms with Crippen molar-refractivity contribution in [1.29, 1.82) is 0 Å². The van der Waals surface area contributed by atoms with Crippen LogP contribution in [0.5, 0.6) is 0 Å². The molecule has 1 aliphatic rings. The Bertz CT molecular complexity index is 250. The summed E-state index contributed by atoms with van der Waals surface area (Å²) in [5.41, 5.74) is 1.21. The third-order valence-corrected chi connectivity index (χ3v) is 3.05. The van der Waals surface area contributed by atoms with Gasteiger partial charge in [0.1, 0.15) is 0 Å². The number of likely N-dealkylation sites (N-methyl/N-ethyl adjacent to an activating group) is 1. The van der Waals surface area contributed by atoms with E-state index in [4.69, 9.17) is 0 Å². The minimum Gasteiger partial charge on any atom is -0.375 e. The van der Waals surface area contributed by atoms with E-state index in [1.807, 2.05) is 0 Å². The smallest absolute Gasteiger partial charge is 0.0353 e. The molecule has 15 heavy (non-hydrogen) atoms. The topological polar surface area (TPSA) is 3.24 Å². The van der Waals surface area contributed by atoms with Crippen LogP contribution in [0.3, 0.4) is 0 Å². The van der Waals surface area contributed by atoms with Crippen LogP contribution in [-0.4, -0.2) is 18.5 Å². The van der Waals surface area contributed by atoms with Crippen LogP contribution >= 0.6 is 0 Å². The molecule has 0 fully saturated rings. The van der Waals surface area contributed by atoms with Gasteiger partial charge in [-0.25, -0.2) is 0 Å². The lowest BCUT2D eigenvalue weighted by Gasteiger charge is -2.19. The molecule has 1 aliphatic carbocycles. The summed E-state index contributed by atoms with van der Waals surface area (Å²) < 4.78 is 0. The number of hydrogen-bond acceptors (Lipinski definition) is 1. The lowest BCUT2D eigenvalue weighted by Crippen LogP contribution is -2.16. The van der Waals surface area contributed by atoms with Crippen molar-refractivity contribution in [3.05, 3.63) is 36.6 Å². The molecule has 84 valence electrons. The molecule has 0 heterocycles. The highest BCUT2D eigenvalue weighted by Crippen LogP contribution is 2.19. The van der Waals surface area contributed by atoms with E-state index in [9.17, 15) is 0 Å². The highest BCUT2D eigenvalue weighted by molar-refractivity contribution is 5.01. The van der Waals surface area contributed by atoms with Gasteiger partial charge in [0.2, 0.25) is 0 Å². The first kappa shape index (κ1) is 12.1. The normalized spacial score (nSPS) is 20.8. The zero-order valence-electron chi connectivity index (χ0n) is 10.1. The van der Waals surface area contributed by atoms with Crippen molar-refractivity contribution >= 4 is 0 Å². The Labute approximate surface area is 94.2 Å². The highest BCUT2D eigenvalue weighted by atomic mass is 15.1. The molecule has 0 aromatic rings. The van der Waals surface area contributed by atoms with Gasteiger partial charge in [-0.15, -0.1) is 0 Å². The summed E-state index contributed by atoms with van der Waals surface area (Å²) in [6.45, 7) is 7.16. The van der Waals surface area contributed by atoms with E-state index in [0.29, 0.717) is 0 Å². The van der Waals surface area contributed by atoms with E-state index in [2.05, 4.69) is 49.8 Å². The SMILES string of the molecule is C=C(CC)N(C)C/C=C\C1CC=CCC1. The van der Waals surface area contributed by atoms with Crippen LogP contribution in [0.1, 0.15) is 32.6 Å². The van der Waals surface area contributed by atoms with Gasteiger partial charge in [-0.3, -0.25) is 0 Å². The Kier molecular flexibility index (Phi) is 5.23. The van der Waals surface area contributed by atoms with Gasteiger partial charge in [0, 0.05) is 19.3 Å². The summed E-state index contributed by atoms with van der Waals surface area (Å²) in [4.78, 5) is 2.22. The molecule has 0 bridgehead atoms. The Balaban J connectivity index is 2.26. The quantitative estimate of drug-likeness (QED) is 0.618. The van der Waals surface area contributed by atoms with Gasteiger partial charge in [0.15, 0.2) is 0 Å². The summed E-state index contributed by atoms with van der Waals surface area (Å²) in [7, 11) is 2.11. The van der Waals surface area contributed by atoms with Crippen molar-refractivity contribution in [2.45, 2.75) is 32.6 Å². The average molecular weight is 205 g/mol. The molecular weight excluding hydrogens is 182 g/mol. The molecule has 0 aliphatic heterocycles. The first-order chi connectivity index (χ1) is 7.24. The maximum atomic E-state index is 4.02. The molecule has 1 unspecified atom stereocenters. The molecule has 0 radical (unpaired) electrons. The molecule has 1 nitrogen and oxygen atoms in total. The maximum Gasteiger partial charge on any atom is 0.0353 e. The molecule has 1 atom stereocenters. The first-order valence-corrected chi connectivity index (χ1v) is 5.94. The number of nitrogens with zero attached hydrogens (tertiary/aromatic N) is 1. The highest BCUT2D eigenvalue weighted by Gasteiger charge is 2.05. The second-order valence-corrected chi connectivity index (χ2v) is 4.27. The van der Waals surface area contributed by atoms with E-state index in [1.165, 1.54) is 25.0 Å². The number of hydrogen-bond donors (Lipinski definition) is 0. The standard InChI is InChI=1S/C14H23N/c1-4-13(2)15(3)12-8-11-14-9-6-5-7-10-14/h5-6,8,11,14H,2,4,7,9-10,12H2,1,3H3/b11-8-. The largest absolute Gasteiger partial charge is 0.375 e. The predicted molar refractivity (Wildman–Crippen MR) is 67.7 cm³/mol. The van der Waals surface area contributed by atoms with Crippen molar-refractivity contribution in [2.75, 3.05) is 13.6 Å². The Morgan fingerprint density at radius 3 is 2.93 bits per heavy atom. The first-order valence-electron chi connectivity index (χ1n) is 5.94. The molecule has 1 heteroatoms. The Morgan fingerprint density at radius 1 is 1.53 bits per heavy atom. The second-order valence-electron chi connectivity index (χ2n) is 4.27. The lowest BCUT2D eigenvalue weighted by atomic mass is 9.94. The van der Waals surface area contributed by atoms with Gasteiger partial charge in [0.05, 0.1) is 0 Å². The van der Waals surface area contributed by atoms with Crippen LogP contribution < -0.4 is 0 Å². The minimum atomic E-state index is 0.762. The van der Waals surface area contributed by atoms with Crippen molar-refractivity contribution in [3.8, 4) is 0 Å². The zero-order valence-corrected chi connectivity index (χ0v) is 10.1. The fourth-order valence-corrected chi connectivity index (χ4v) is 1.80. The molecule has 1 rings (SSSR count). The van der Waals surface area contributed by atoms with Gasteiger partial charge in [-0.1, -0.05) is 37.8 Å². The third-order valence-electron chi connectivity index (χ3n) is 3.05. The molecular formula is C14H23N. The Hall–Kier alpha value is -0.980. The average Bonchev–Trinajstić information content (AvgIpc) is 2.29. The van der Waals surface area contributed by atoms with Crippen LogP contribution in [0.4, 0.5) is 0 Å². The van der Waals surface area contributed by atoms with Gasteiger partial charge >= 0.3 is 0 Å². The van der Waals surface area contributed by atoms with Crippen LogP contribution in [-0.2, 0) is 0 Å². The molecule has 0 aromatic carbocycles. The minimum absolute atomic E-state index is 0.762. The summed E-state index contributed by atoms with van der Waals surface area (Å²) in [6.07, 6.45) is 14.0. The second kappa shape index (κ2) is 6.49. The van der Waals surface area contributed by atoms with Crippen molar-refractivity contribution in [1.82, 2.24) is 4.90 Å². The van der Waals surface area contributed by atoms with Crippen LogP contribution in [0.2, 0.25) is 0 Å². The summed E-state index contributed by atoms with van der Waals surface area (Å²) >= 11 is 0. The van der Waals surface area contributed by atoms with E-state index >= 15 is 0 Å². The van der Waals surface area contributed by atoms with E-state index in [-0.39, 0.29) is 0 Å². The van der Waals surface area contributed by atoms with Crippen molar-refractivity contribution in [2.24, 2.45) is 5.92 Å². The molecule has 0 N–H and O–H groups in total. The van der Waals surface area contributed by atoms with Crippen LogP contribution in [0.25, 0.3) is 0 Å². The van der Waals surface area contributed by atoms with Crippen LogP contribution in [0, 0.1) is 5.92 Å². The lowest BCUT2D eigenvalue weighted by molar-refractivity contribution is 0.449. The molecule has 0 saturated carbocycles. The monoisotopic (exact) mass is 205 g/mol. The summed E-state index contributed by atoms with van der Waals surface area (Å²) in [5.74, 6) is 0.762. The van der Waals surface area contributed by atoms with E-state index < -0.39 is 0 Å². The zero-order chi connectivity index (χ0) is 11.1. The molecule has 0 aromatic heterocycles. The van der Waals surface area contributed by atoms with Gasteiger partial charge in [0.25, 0.3) is 0 Å². The van der Waals surface area contributed by atoms with Gasteiger partial charge < -0.3 is 4.90 Å². The van der Waals surface area contributed by atoms with Crippen LogP contribution in [0.15, 0.2) is 36.6 Å². The van der Waals surface area contributed by atoms with Gasteiger partial charge in [-0.05, 0) is 31.6 Å². The number of rotatable bonds is 5. The molecule has 0 amide bonds. The third kappa shape index (κ3) is 4.37. The van der Waals surface area contributed by atoms with E-state index in [1.54, 1.807) is 0 Å². The van der Waals surface area contributed by atoms with Crippen molar-refractivity contribution < 1.29 is 0 Å². The fourth-order valence-electron chi connectivity index (χ4n) is 1.80. The molecule has 0 saturated heterocycles. The number of allylic oxidation sites excluding steroid dienone is 4. The van der Waals surface area contributed by atoms with Gasteiger partial charge in [-0.2, -0.15) is 0 Å². The van der Waals surface area contributed by atoms with Crippen molar-refractivity contribution in [3.63, 3.8) is 0 Å².